The summed E-state index contributed by atoms with van der Waals surface area (Å²) in [6, 6.07) is 3.32. The van der Waals surface area contributed by atoms with Gasteiger partial charge in [-0.2, -0.15) is 5.26 Å². The van der Waals surface area contributed by atoms with Crippen molar-refractivity contribution in [3.05, 3.63) is 33.1 Å². The third kappa shape index (κ3) is 2.86. The largest absolute Gasteiger partial charge is 0.337 e. The minimum atomic E-state index is -0.664. The van der Waals surface area contributed by atoms with Gasteiger partial charge in [-0.1, -0.05) is 11.6 Å². The van der Waals surface area contributed by atoms with E-state index in [1.165, 1.54) is 11.0 Å². The second kappa shape index (κ2) is 5.84. The van der Waals surface area contributed by atoms with Crippen LogP contribution in [-0.2, 0) is 0 Å². The predicted octanol–water partition coefficient (Wildman–Crippen LogP) is 2.02. The lowest BCUT2D eigenvalue weighted by atomic mass is 9.99. The summed E-state index contributed by atoms with van der Waals surface area (Å²) in [6.45, 7) is 0.764. The number of likely N-dealkylation sites (tertiary alicyclic amines) is 1. The van der Waals surface area contributed by atoms with Gasteiger partial charge in [0.25, 0.3) is 11.6 Å². The van der Waals surface area contributed by atoms with Crippen LogP contribution >= 0.6 is 11.6 Å². The molecule has 0 bridgehead atoms. The average Bonchev–Trinajstić information content (AvgIpc) is 2.46. The molecule has 1 saturated heterocycles. The molecular weight excluding hydrogens is 284 g/mol. The van der Waals surface area contributed by atoms with Gasteiger partial charge in [-0.3, -0.25) is 14.9 Å². The first-order valence-corrected chi connectivity index (χ1v) is 6.39. The van der Waals surface area contributed by atoms with Crippen LogP contribution in [-0.4, -0.2) is 33.8 Å². The molecule has 0 aromatic carbocycles. The summed E-state index contributed by atoms with van der Waals surface area (Å²) in [5, 5.41) is 19.9. The molecule has 104 valence electrons. The Kier molecular flexibility index (Phi) is 4.15. The molecule has 0 saturated carbocycles. The molecule has 0 radical (unpaired) electrons. The zero-order valence-corrected chi connectivity index (χ0v) is 11.2. The Morgan fingerprint density at radius 1 is 1.65 bits per heavy atom. The highest BCUT2D eigenvalue weighted by molar-refractivity contribution is 6.29. The number of rotatable bonds is 2. The summed E-state index contributed by atoms with van der Waals surface area (Å²) in [4.78, 5) is 27.7. The highest BCUT2D eigenvalue weighted by atomic mass is 35.5. The molecule has 1 unspecified atom stereocenters. The first kappa shape index (κ1) is 14.2. The van der Waals surface area contributed by atoms with Gasteiger partial charge >= 0.3 is 0 Å². The van der Waals surface area contributed by atoms with Crippen molar-refractivity contribution in [2.24, 2.45) is 5.92 Å². The van der Waals surface area contributed by atoms with Crippen molar-refractivity contribution in [3.8, 4) is 6.07 Å². The van der Waals surface area contributed by atoms with Gasteiger partial charge in [-0.15, -0.1) is 0 Å². The zero-order valence-electron chi connectivity index (χ0n) is 10.5. The monoisotopic (exact) mass is 294 g/mol. The maximum absolute atomic E-state index is 12.4. The molecule has 1 amide bonds. The number of carbonyl (C=O) groups is 1. The van der Waals surface area contributed by atoms with Crippen LogP contribution in [0.15, 0.2) is 12.3 Å². The molecule has 20 heavy (non-hydrogen) atoms. The van der Waals surface area contributed by atoms with Crippen LogP contribution in [0.4, 0.5) is 5.69 Å². The van der Waals surface area contributed by atoms with Crippen LogP contribution in [0.2, 0.25) is 5.15 Å². The molecular formula is C12H11ClN4O3. The lowest BCUT2D eigenvalue weighted by molar-refractivity contribution is -0.385. The van der Waals surface area contributed by atoms with Crippen LogP contribution < -0.4 is 0 Å². The number of piperidine rings is 1. The van der Waals surface area contributed by atoms with E-state index >= 15 is 0 Å². The van der Waals surface area contributed by atoms with Crippen molar-refractivity contribution in [1.82, 2.24) is 9.88 Å². The van der Waals surface area contributed by atoms with E-state index in [2.05, 4.69) is 11.1 Å². The zero-order chi connectivity index (χ0) is 14.7. The fourth-order valence-corrected chi connectivity index (χ4v) is 2.33. The number of aromatic nitrogens is 1. The van der Waals surface area contributed by atoms with Gasteiger partial charge in [0.1, 0.15) is 16.9 Å². The molecule has 1 aromatic heterocycles. The summed E-state index contributed by atoms with van der Waals surface area (Å²) in [6.07, 6.45) is 2.41. The first-order valence-electron chi connectivity index (χ1n) is 6.01. The number of halogens is 1. The van der Waals surface area contributed by atoms with E-state index in [0.717, 1.165) is 12.6 Å². The van der Waals surface area contributed by atoms with Crippen LogP contribution in [0.5, 0.6) is 0 Å². The smallest absolute Gasteiger partial charge is 0.300 e. The third-order valence-corrected chi connectivity index (χ3v) is 3.37. The number of hydrogen-bond donors (Lipinski definition) is 0. The molecule has 7 nitrogen and oxygen atoms in total. The second-order valence-electron chi connectivity index (χ2n) is 4.50. The van der Waals surface area contributed by atoms with E-state index in [4.69, 9.17) is 16.9 Å². The number of amides is 1. The van der Waals surface area contributed by atoms with E-state index in [0.29, 0.717) is 13.0 Å². The predicted molar refractivity (Wildman–Crippen MR) is 70.1 cm³/mol. The Balaban J connectivity index is 2.31. The normalized spacial score (nSPS) is 18.4. The Morgan fingerprint density at radius 3 is 3.05 bits per heavy atom. The second-order valence-corrected chi connectivity index (χ2v) is 4.89. The molecule has 1 aliphatic rings. The lowest BCUT2D eigenvalue weighted by Gasteiger charge is -2.29. The molecule has 0 aliphatic carbocycles. The van der Waals surface area contributed by atoms with Gasteiger partial charge in [0.15, 0.2) is 0 Å². The first-order chi connectivity index (χ1) is 9.52. The van der Waals surface area contributed by atoms with Crippen LogP contribution in [0.25, 0.3) is 0 Å². The summed E-state index contributed by atoms with van der Waals surface area (Å²) >= 11 is 5.70. The highest BCUT2D eigenvalue weighted by Crippen LogP contribution is 2.24. The number of nitrogens with zero attached hydrogens (tertiary/aromatic N) is 4. The number of pyridine rings is 1. The molecule has 2 heterocycles. The van der Waals surface area contributed by atoms with E-state index in [9.17, 15) is 14.9 Å². The van der Waals surface area contributed by atoms with Gasteiger partial charge in [-0.05, 0) is 18.9 Å². The Labute approximate surface area is 119 Å². The summed E-state index contributed by atoms with van der Waals surface area (Å²) in [7, 11) is 0. The van der Waals surface area contributed by atoms with Gasteiger partial charge < -0.3 is 4.90 Å². The molecule has 1 fully saturated rings. The Hall–Kier alpha value is -2.20. The summed E-state index contributed by atoms with van der Waals surface area (Å²) < 4.78 is 0. The van der Waals surface area contributed by atoms with Crippen LogP contribution in [0, 0.1) is 27.4 Å². The minimum absolute atomic E-state index is 0.0211. The van der Waals surface area contributed by atoms with E-state index in [1.807, 2.05) is 0 Å². The maximum Gasteiger partial charge on any atom is 0.300 e. The SMILES string of the molecule is N#CC1CCCN(C(=O)c2cc(Cl)ncc2[N+](=O)[O-])C1. The van der Waals surface area contributed by atoms with Crippen LogP contribution in [0.3, 0.4) is 0 Å². The number of carbonyl (C=O) groups excluding carboxylic acids is 1. The number of nitriles is 1. The number of nitro groups is 1. The Morgan fingerprint density at radius 2 is 2.40 bits per heavy atom. The van der Waals surface area contributed by atoms with Gasteiger partial charge in [0.2, 0.25) is 0 Å². The van der Waals surface area contributed by atoms with Crippen LogP contribution in [0.1, 0.15) is 23.2 Å². The molecule has 1 atom stereocenters. The number of hydrogen-bond acceptors (Lipinski definition) is 5. The van der Waals surface area contributed by atoms with E-state index in [1.54, 1.807) is 0 Å². The molecule has 0 spiro atoms. The highest BCUT2D eigenvalue weighted by Gasteiger charge is 2.29. The van der Waals surface area contributed by atoms with E-state index < -0.39 is 10.8 Å². The average molecular weight is 295 g/mol. The molecule has 1 aliphatic heterocycles. The quantitative estimate of drug-likeness (QED) is 0.472. The molecule has 2 rings (SSSR count). The van der Waals surface area contributed by atoms with Gasteiger partial charge in [0.05, 0.1) is 16.9 Å². The lowest BCUT2D eigenvalue weighted by Crippen LogP contribution is -2.39. The molecule has 1 aromatic rings. The minimum Gasteiger partial charge on any atom is -0.337 e. The topological polar surface area (TPSA) is 100 Å². The van der Waals surface area contributed by atoms with Crippen molar-refractivity contribution in [3.63, 3.8) is 0 Å². The third-order valence-electron chi connectivity index (χ3n) is 3.17. The van der Waals surface area contributed by atoms with Crippen molar-refractivity contribution in [2.45, 2.75) is 12.8 Å². The fraction of sp³-hybridized carbons (Fsp3) is 0.417. The Bertz CT molecular complexity index is 599. The van der Waals surface area contributed by atoms with Gasteiger partial charge in [0, 0.05) is 13.1 Å². The van der Waals surface area contributed by atoms with Gasteiger partial charge in [-0.25, -0.2) is 4.98 Å². The van der Waals surface area contributed by atoms with E-state index in [-0.39, 0.29) is 28.9 Å². The maximum atomic E-state index is 12.4. The molecule has 0 N–H and O–H groups in total. The van der Waals surface area contributed by atoms with Crippen molar-refractivity contribution >= 4 is 23.2 Å². The molecule has 8 heteroatoms. The standard InChI is InChI=1S/C12H11ClN4O3/c13-11-4-9(10(6-15-11)17(19)20)12(18)16-3-1-2-8(5-14)7-16/h4,6,8H,1-3,7H2. The van der Waals surface area contributed by atoms with Crippen molar-refractivity contribution < 1.29 is 9.72 Å². The van der Waals surface area contributed by atoms with Crippen molar-refractivity contribution in [2.75, 3.05) is 13.1 Å². The van der Waals surface area contributed by atoms with Crippen molar-refractivity contribution in [1.29, 1.82) is 5.26 Å². The fourth-order valence-electron chi connectivity index (χ4n) is 2.18. The summed E-state index contributed by atoms with van der Waals surface area (Å²) in [5.41, 5.74) is -0.466. The summed E-state index contributed by atoms with van der Waals surface area (Å²) in [5.74, 6) is -0.718.